The number of aliphatic carboxylic acids is 6. The summed E-state index contributed by atoms with van der Waals surface area (Å²) in [7, 11) is -28.3. The molecule has 0 spiro atoms. The second kappa shape index (κ2) is 63.2. The Bertz CT molecular complexity index is 5490. The van der Waals surface area contributed by atoms with Crippen molar-refractivity contribution < 1.29 is 215 Å². The highest BCUT2D eigenvalue weighted by atomic mass is 33.1. The summed E-state index contributed by atoms with van der Waals surface area (Å²) in [5.74, 6) is -3.11. The number of aliphatic hydroxyl groups excluding tert-OH is 2. The van der Waals surface area contributed by atoms with Gasteiger partial charge in [0, 0.05) is 93.9 Å². The summed E-state index contributed by atoms with van der Waals surface area (Å²) in [4.78, 5) is 304. The standard InChI is InChI=1S/C36H54N7O25P3S2.C34H52N7O24P3S2/c1-20(44)39-22(33(53)38-11-4-2-3-9-28(47)40-23(15-30(48)49)34(54)41-24(35(55)56)16-31(50)51)8-6-13-72-73-14-10-27(46)37-12-5-7-21-18-43(36(57)42-32(21)52)29-17-25(45)26(66-29)19-65-70(61,62)68-71(63,64)67-69(58,59)60;35-20(31(50)37-10-3-1-2-8-26(44)38-21(14-28(45)46)32(51)39-22(33(52)53)15-29(47)48)7-5-12-69-70-13-9-25(43)36-11-4-6-19-17-41(34(54)40-30(19)49)27-16-23(42)24(63-27)18-62-67(58,59)65-68(60,61)64-66(55,56)57/h18,22-26,29,45H,2-4,6,8-17,19H2,1H3,(H,37,46)(H,38,53)(H,39,44)(H,40,47)(H,41,54)(H,48,49)(H,50,51)(H,55,56)(H,61,62)(H,63,64)(H,42,52,57)(H2,58,59,60);17,20-24,27,42H,1-3,5,7-16,18,35H2,(H,36,43)(H,37,50)(H,38,44)(H,39,51)(H,45,46)(H,47,48)(H,52,53)(H,58,59)(H,60,61)(H,40,49,54)(H2,55,56,57). The molecule has 16 unspecified atom stereocenters. The maximum atomic E-state index is 12.8. The SMILES string of the molecule is CC(=O)NC(CCCSSCCC(=O)NCC#Cc1cn(C2CC(O)C(COP(=O)(O)OP(=O)(O)OP(=O)(O)O)O2)c(=O)[nH]c1=O)C(=O)NCCCCCC(=O)NC(CC(=O)O)C(=O)NC(CC(=O)O)C(=O)O.NC(CCCSSCCC(=O)NCC#Cc1cn(C2CC(O)C(COP(=O)(O)OP(=O)(O)OP(=O)(O)O)O2)c(=O)[nH]c1=O)C(=O)NCCCCCC(=O)NC(CC(=O)O)C(=O)NC(CC(=O)O)C(=O)O. The summed E-state index contributed by atoms with van der Waals surface area (Å²) in [5.41, 5.74) is 1.66. The number of aromatic amines is 2. The van der Waals surface area contributed by atoms with Crippen molar-refractivity contribution in [3.8, 4) is 23.7 Å². The number of H-pyrrole nitrogens is 2. The molecule has 2 aromatic heterocycles. The monoisotopic (exact) mass is 2240 g/mol. The van der Waals surface area contributed by atoms with E-state index in [4.69, 9.17) is 65.4 Å². The number of nitrogens with two attached hydrogens (primary N) is 1. The molecule has 143 heavy (non-hydrogen) atoms. The number of ether oxygens (including phenoxy) is 2. The molecule has 2 saturated heterocycles. The van der Waals surface area contributed by atoms with Crippen LogP contribution in [0.25, 0.3) is 0 Å². The number of nitrogens with zero attached hydrogens (tertiary/aromatic N) is 2. The lowest BCUT2D eigenvalue weighted by Crippen LogP contribution is -2.52. The number of rotatable bonds is 65. The average molecular weight is 2240 g/mol. The third-order valence-electron chi connectivity index (χ3n) is 18.1. The lowest BCUT2D eigenvalue weighted by atomic mass is 10.1. The smallest absolute Gasteiger partial charge is 0.481 e. The van der Waals surface area contributed by atoms with Crippen molar-refractivity contribution in [1.82, 2.24) is 67.0 Å². The number of carboxylic acid groups (broad SMARTS) is 6. The van der Waals surface area contributed by atoms with Crippen LogP contribution in [-0.4, -0.2) is 311 Å². The highest BCUT2D eigenvalue weighted by Crippen LogP contribution is 2.67. The van der Waals surface area contributed by atoms with Gasteiger partial charge >= 0.3 is 94.1 Å². The molecule has 0 radical (unpaired) electrons. The molecule has 2 aliphatic rings. The van der Waals surface area contributed by atoms with Crippen molar-refractivity contribution in [3.63, 3.8) is 0 Å². The van der Waals surface area contributed by atoms with E-state index in [-0.39, 0.29) is 106 Å². The Labute approximate surface area is 822 Å². The van der Waals surface area contributed by atoms with E-state index < -0.39 is 253 Å². The minimum absolute atomic E-state index is 0.0739. The molecule has 4 rings (SSSR count). The second-order valence-electron chi connectivity index (χ2n) is 29.8. The predicted molar refractivity (Wildman–Crippen MR) is 489 cm³/mol. The van der Waals surface area contributed by atoms with Gasteiger partial charge in [0.15, 0.2) is 0 Å². The quantitative estimate of drug-likeness (QED) is 0.0128. The van der Waals surface area contributed by atoms with Crippen LogP contribution in [0.15, 0.2) is 31.6 Å². The van der Waals surface area contributed by atoms with Crippen LogP contribution >= 0.6 is 90.1 Å². The number of aliphatic hydroxyl groups is 2. The van der Waals surface area contributed by atoms with Crippen molar-refractivity contribution in [1.29, 1.82) is 0 Å². The number of carbonyl (C=O) groups is 15. The highest BCUT2D eigenvalue weighted by Gasteiger charge is 2.46. The van der Waals surface area contributed by atoms with E-state index in [1.807, 2.05) is 20.6 Å². The fraction of sp³-hybridized carbons (Fsp3) is 0.614. The summed E-state index contributed by atoms with van der Waals surface area (Å²) in [5, 5.41) is 96.1. The first-order valence-corrected chi connectivity index (χ1v) is 55.6. The maximum absolute atomic E-state index is 12.8. The fourth-order valence-corrected chi connectivity index (χ4v) is 21.9. The minimum Gasteiger partial charge on any atom is -0.481 e. The molecular formula is C70H106N14O49P6S4. The third-order valence-corrected chi connectivity index (χ3v) is 30.7. The van der Waals surface area contributed by atoms with E-state index in [1.54, 1.807) is 0 Å². The van der Waals surface area contributed by atoms with Crippen LogP contribution in [0.4, 0.5) is 0 Å². The van der Waals surface area contributed by atoms with Crippen molar-refractivity contribution in [2.45, 2.75) is 208 Å². The van der Waals surface area contributed by atoms with Crippen molar-refractivity contribution >= 4 is 179 Å². The Morgan fingerprint density at radius 3 is 1.15 bits per heavy atom. The Kier molecular flexibility index (Phi) is 56.4. The zero-order valence-electron chi connectivity index (χ0n) is 74.7. The lowest BCUT2D eigenvalue weighted by molar-refractivity contribution is -0.148. The first kappa shape index (κ1) is 128. The van der Waals surface area contributed by atoms with Crippen LogP contribution in [0.5, 0.6) is 0 Å². The summed E-state index contributed by atoms with van der Waals surface area (Å²) < 4.78 is 105. The number of hydrogen-bond acceptors (Lipinski definition) is 40. The van der Waals surface area contributed by atoms with Gasteiger partial charge in [-0.15, -0.1) is 0 Å². The molecule has 9 amide bonds. The van der Waals surface area contributed by atoms with E-state index in [0.717, 1.165) is 21.5 Å². The van der Waals surface area contributed by atoms with E-state index in [2.05, 4.69) is 87.2 Å². The fourth-order valence-electron chi connectivity index (χ4n) is 11.6. The van der Waals surface area contributed by atoms with Crippen LogP contribution in [0, 0.1) is 23.7 Å². The van der Waals surface area contributed by atoms with E-state index in [1.165, 1.54) is 50.1 Å². The zero-order valence-corrected chi connectivity index (χ0v) is 83.3. The Balaban J connectivity index is 0.000000736. The molecule has 804 valence electrons. The summed E-state index contributed by atoms with van der Waals surface area (Å²) >= 11 is 0. The molecule has 29 N–H and O–H groups in total. The Morgan fingerprint density at radius 2 is 0.790 bits per heavy atom. The first-order valence-electron chi connectivity index (χ1n) is 41.6. The van der Waals surface area contributed by atoms with Gasteiger partial charge in [-0.05, 0) is 51.4 Å². The minimum atomic E-state index is -5.81. The molecule has 2 fully saturated rings. The van der Waals surface area contributed by atoms with Crippen molar-refractivity contribution in [2.75, 3.05) is 62.4 Å². The number of amides is 9. The van der Waals surface area contributed by atoms with Gasteiger partial charge in [0.2, 0.25) is 53.2 Å². The van der Waals surface area contributed by atoms with Crippen LogP contribution in [0.2, 0.25) is 0 Å². The third kappa shape index (κ3) is 55.1. The molecule has 0 aliphatic carbocycles. The van der Waals surface area contributed by atoms with E-state index in [0.29, 0.717) is 74.4 Å². The molecule has 2 aliphatic heterocycles. The van der Waals surface area contributed by atoms with Crippen LogP contribution in [-0.2, 0) is 135 Å². The molecule has 0 bridgehead atoms. The van der Waals surface area contributed by atoms with Crippen molar-refractivity contribution in [3.05, 3.63) is 65.2 Å². The summed E-state index contributed by atoms with van der Waals surface area (Å²) in [6.07, 6.45) is -7.00. The zero-order chi connectivity index (χ0) is 108. The van der Waals surface area contributed by atoms with Gasteiger partial charge in [-0.1, -0.05) is 79.7 Å². The topological polar surface area (TPSA) is 1000 Å². The van der Waals surface area contributed by atoms with Gasteiger partial charge in [-0.2, -0.15) is 17.2 Å². The summed E-state index contributed by atoms with van der Waals surface area (Å²) in [6.45, 7) is -0.734. The molecule has 4 heterocycles. The number of unbranched alkanes of at least 4 members (excludes halogenated alkanes) is 4. The Hall–Kier alpha value is -9.45. The van der Waals surface area contributed by atoms with Crippen LogP contribution in [0.3, 0.4) is 0 Å². The van der Waals surface area contributed by atoms with Gasteiger partial charge in [0.05, 0.1) is 70.2 Å². The van der Waals surface area contributed by atoms with Gasteiger partial charge in [0.25, 0.3) is 11.1 Å². The highest BCUT2D eigenvalue weighted by molar-refractivity contribution is 8.77. The second-order valence-corrected chi connectivity index (χ2v) is 44.0. The van der Waals surface area contributed by atoms with E-state index in [9.17, 15) is 148 Å². The number of carbonyl (C=O) groups excluding carboxylic acids is 9. The van der Waals surface area contributed by atoms with Crippen LogP contribution in [0.1, 0.15) is 159 Å². The van der Waals surface area contributed by atoms with Gasteiger partial charge in [0.1, 0.15) is 66.0 Å². The molecule has 2 aromatic rings. The number of aromatic nitrogens is 4. The first-order chi connectivity index (χ1) is 66.5. The number of hydrogen-bond donors (Lipinski definition) is 28. The van der Waals surface area contributed by atoms with Crippen molar-refractivity contribution in [2.24, 2.45) is 5.73 Å². The lowest BCUT2D eigenvalue weighted by Gasteiger charge is -2.19. The molecule has 73 heteroatoms. The Morgan fingerprint density at radius 1 is 0.434 bits per heavy atom. The number of carboxylic acids is 6. The summed E-state index contributed by atoms with van der Waals surface area (Å²) in [6, 6.07) is -8.66. The number of nitrogens with one attached hydrogen (secondary N) is 11. The maximum Gasteiger partial charge on any atom is 0.490 e. The molecule has 0 saturated carbocycles. The van der Waals surface area contributed by atoms with Crippen LogP contribution < -0.4 is 76.1 Å². The average Bonchev–Trinajstić information content (AvgIpc) is 1.66. The predicted octanol–water partition coefficient (Wildman–Crippen LogP) is -4.71. The normalized spacial score (nSPS) is 18.4. The van der Waals surface area contributed by atoms with Gasteiger partial charge in [-0.25, -0.2) is 46.6 Å². The molecular weight excluding hydrogens is 2130 g/mol. The number of phosphoric ester groups is 2. The van der Waals surface area contributed by atoms with Gasteiger partial charge < -0.3 is 143 Å². The molecule has 63 nitrogen and oxygen atoms in total. The molecule has 16 atom stereocenters. The van der Waals surface area contributed by atoms with Gasteiger partial charge in [-0.3, -0.25) is 100 Å². The molecule has 0 aromatic carbocycles. The van der Waals surface area contributed by atoms with E-state index >= 15 is 0 Å². The largest absolute Gasteiger partial charge is 0.490 e. The number of phosphoric acid groups is 6.